The number of carbonyl (C=O) groups is 1. The van der Waals surface area contributed by atoms with Gasteiger partial charge in [-0.05, 0) is 48.7 Å². The molecule has 184 valence electrons. The van der Waals surface area contributed by atoms with Crippen molar-refractivity contribution in [1.82, 2.24) is 14.7 Å². The second-order valence-corrected chi connectivity index (χ2v) is 10.8. The van der Waals surface area contributed by atoms with Crippen LogP contribution >= 0.6 is 0 Å². The average Bonchev–Trinajstić information content (AvgIpc) is 3.35. The summed E-state index contributed by atoms with van der Waals surface area (Å²) >= 11 is 0. The van der Waals surface area contributed by atoms with Gasteiger partial charge in [0.2, 0.25) is 10.0 Å². The number of hydrogen-bond acceptors (Lipinski definition) is 6. The summed E-state index contributed by atoms with van der Waals surface area (Å²) in [7, 11) is -3.54. The minimum absolute atomic E-state index is 0.0780. The van der Waals surface area contributed by atoms with Gasteiger partial charge in [-0.1, -0.05) is 48.6 Å². The van der Waals surface area contributed by atoms with E-state index in [4.69, 9.17) is 5.10 Å². The van der Waals surface area contributed by atoms with Gasteiger partial charge in [0.25, 0.3) is 5.91 Å². The van der Waals surface area contributed by atoms with Crippen molar-refractivity contribution < 1.29 is 18.3 Å². The Kier molecular flexibility index (Phi) is 6.56. The van der Waals surface area contributed by atoms with E-state index in [1.807, 2.05) is 30.4 Å². The van der Waals surface area contributed by atoms with Crippen LogP contribution in [0.15, 0.2) is 102 Å². The number of benzene rings is 1. The van der Waals surface area contributed by atoms with E-state index in [1.165, 1.54) is 5.01 Å². The fourth-order valence-corrected chi connectivity index (χ4v) is 5.83. The van der Waals surface area contributed by atoms with Crippen LogP contribution in [0.3, 0.4) is 0 Å². The molecule has 0 saturated heterocycles. The minimum Gasteiger partial charge on any atom is -0.508 e. The zero-order valence-corrected chi connectivity index (χ0v) is 20.3. The summed E-state index contributed by atoms with van der Waals surface area (Å²) in [5, 5.41) is 15.6. The number of pyridine rings is 1. The monoisotopic (exact) mass is 502 g/mol. The van der Waals surface area contributed by atoms with Crippen LogP contribution < -0.4 is 4.72 Å². The SMILES string of the molecule is O=C(c1ccncc1)N1N=C(C2C=CC(NS(=O)(=O)C3C=CC=CC3)=CC2)CC1c1cccc(O)c1. The lowest BCUT2D eigenvalue weighted by Crippen LogP contribution is -2.33. The van der Waals surface area contributed by atoms with E-state index in [9.17, 15) is 18.3 Å². The molecule has 3 unspecified atom stereocenters. The molecule has 0 spiro atoms. The third kappa shape index (κ3) is 5.01. The summed E-state index contributed by atoms with van der Waals surface area (Å²) in [6.07, 6.45) is 17.3. The molecule has 2 aromatic rings. The Morgan fingerprint density at radius 3 is 2.61 bits per heavy atom. The largest absolute Gasteiger partial charge is 0.508 e. The van der Waals surface area contributed by atoms with E-state index in [0.29, 0.717) is 30.5 Å². The van der Waals surface area contributed by atoms with Crippen LogP contribution in [0.25, 0.3) is 0 Å². The molecule has 0 saturated carbocycles. The molecule has 2 heterocycles. The van der Waals surface area contributed by atoms with Crippen molar-refractivity contribution in [3.05, 3.63) is 108 Å². The number of nitrogens with one attached hydrogen (secondary N) is 1. The molecular weight excluding hydrogens is 476 g/mol. The molecule has 5 rings (SSSR count). The van der Waals surface area contributed by atoms with Crippen LogP contribution in [0.5, 0.6) is 5.75 Å². The quantitative estimate of drug-likeness (QED) is 0.620. The molecule has 3 atom stereocenters. The average molecular weight is 503 g/mol. The normalized spacial score (nSPS) is 23.3. The van der Waals surface area contributed by atoms with Gasteiger partial charge in [-0.3, -0.25) is 14.5 Å². The van der Waals surface area contributed by atoms with E-state index in [0.717, 1.165) is 11.3 Å². The molecule has 1 aromatic carbocycles. The highest BCUT2D eigenvalue weighted by molar-refractivity contribution is 7.90. The summed E-state index contributed by atoms with van der Waals surface area (Å²) < 4.78 is 28.1. The van der Waals surface area contributed by atoms with Crippen LogP contribution in [0.2, 0.25) is 0 Å². The first-order valence-electron chi connectivity index (χ1n) is 11.7. The molecule has 1 aliphatic heterocycles. The predicted octanol–water partition coefficient (Wildman–Crippen LogP) is 3.99. The molecule has 2 N–H and O–H groups in total. The maximum Gasteiger partial charge on any atom is 0.274 e. The predicted molar refractivity (Wildman–Crippen MR) is 137 cm³/mol. The molecule has 3 aliphatic rings. The first kappa shape index (κ1) is 23.7. The maximum atomic E-state index is 13.3. The number of aromatic nitrogens is 1. The Morgan fingerprint density at radius 1 is 1.08 bits per heavy atom. The van der Waals surface area contributed by atoms with Crippen molar-refractivity contribution in [1.29, 1.82) is 0 Å². The van der Waals surface area contributed by atoms with E-state index < -0.39 is 15.3 Å². The van der Waals surface area contributed by atoms with E-state index in [2.05, 4.69) is 9.71 Å². The van der Waals surface area contributed by atoms with Crippen LogP contribution in [0, 0.1) is 5.92 Å². The van der Waals surface area contributed by atoms with Crippen LogP contribution in [0.4, 0.5) is 0 Å². The summed E-state index contributed by atoms with van der Waals surface area (Å²) in [5.41, 5.74) is 2.61. The standard InChI is InChI=1S/C27H26N4O4S/c32-23-6-4-5-21(17-23)26-18-25(29-31(26)27(33)20-13-15-28-16-14-20)19-9-11-22(12-10-19)30-36(34,35)24-7-2-1-3-8-24/h1-7,9,11-17,19,24,26,30,32H,8,10,18H2. The molecule has 2 aliphatic carbocycles. The number of phenols is 1. The van der Waals surface area contributed by atoms with Crippen molar-refractivity contribution >= 4 is 21.6 Å². The second kappa shape index (κ2) is 9.94. The van der Waals surface area contributed by atoms with Crippen molar-refractivity contribution in [3.8, 4) is 5.75 Å². The smallest absolute Gasteiger partial charge is 0.274 e. The molecule has 0 bridgehead atoms. The van der Waals surface area contributed by atoms with Gasteiger partial charge >= 0.3 is 0 Å². The topological polar surface area (TPSA) is 112 Å². The Labute approximate surface area is 210 Å². The van der Waals surface area contributed by atoms with E-state index >= 15 is 0 Å². The molecule has 0 radical (unpaired) electrons. The zero-order valence-electron chi connectivity index (χ0n) is 19.4. The van der Waals surface area contributed by atoms with Gasteiger partial charge in [0.05, 0.1) is 6.04 Å². The van der Waals surface area contributed by atoms with Gasteiger partial charge < -0.3 is 5.11 Å². The fraction of sp³-hybridized carbons (Fsp3) is 0.222. The fourth-order valence-electron chi connectivity index (χ4n) is 4.53. The third-order valence-electron chi connectivity index (χ3n) is 6.45. The van der Waals surface area contributed by atoms with Gasteiger partial charge in [-0.2, -0.15) is 5.10 Å². The van der Waals surface area contributed by atoms with E-state index in [1.54, 1.807) is 61.0 Å². The maximum absolute atomic E-state index is 13.3. The van der Waals surface area contributed by atoms with Crippen molar-refractivity contribution in [2.75, 3.05) is 0 Å². The van der Waals surface area contributed by atoms with Gasteiger partial charge in [0.1, 0.15) is 11.0 Å². The molecule has 9 heteroatoms. The lowest BCUT2D eigenvalue weighted by atomic mass is 9.90. The van der Waals surface area contributed by atoms with Crippen LogP contribution in [-0.4, -0.2) is 40.4 Å². The lowest BCUT2D eigenvalue weighted by molar-refractivity contribution is 0.0710. The summed E-state index contributed by atoms with van der Waals surface area (Å²) in [4.78, 5) is 17.3. The molecule has 36 heavy (non-hydrogen) atoms. The first-order valence-corrected chi connectivity index (χ1v) is 13.3. The Morgan fingerprint density at radius 2 is 1.92 bits per heavy atom. The Balaban J connectivity index is 1.34. The zero-order chi connectivity index (χ0) is 25.1. The molecule has 1 amide bonds. The molecule has 8 nitrogen and oxygen atoms in total. The molecular formula is C27H26N4O4S. The van der Waals surface area contributed by atoms with Crippen molar-refractivity contribution in [3.63, 3.8) is 0 Å². The summed E-state index contributed by atoms with van der Waals surface area (Å²) in [5.74, 6) is -0.206. The summed E-state index contributed by atoms with van der Waals surface area (Å²) in [6, 6.07) is 9.78. The number of carbonyl (C=O) groups excluding carboxylic acids is 1. The Hall–Kier alpha value is -3.98. The minimum atomic E-state index is -3.54. The molecule has 1 aromatic heterocycles. The van der Waals surface area contributed by atoms with Gasteiger partial charge in [-0.15, -0.1) is 0 Å². The van der Waals surface area contributed by atoms with Gasteiger partial charge in [-0.25, -0.2) is 13.4 Å². The van der Waals surface area contributed by atoms with Gasteiger partial charge in [0.15, 0.2) is 0 Å². The number of aromatic hydroxyl groups is 1. The lowest BCUT2D eigenvalue weighted by Gasteiger charge is -2.22. The third-order valence-corrected chi connectivity index (χ3v) is 8.12. The summed E-state index contributed by atoms with van der Waals surface area (Å²) in [6.45, 7) is 0. The van der Waals surface area contributed by atoms with Crippen molar-refractivity contribution in [2.45, 2.75) is 30.6 Å². The number of amides is 1. The first-order chi connectivity index (χ1) is 17.4. The number of hydrazone groups is 1. The Bertz CT molecular complexity index is 1410. The van der Waals surface area contributed by atoms with Crippen molar-refractivity contribution in [2.24, 2.45) is 11.0 Å². The number of allylic oxidation sites excluding steroid dienone is 6. The highest BCUT2D eigenvalue weighted by atomic mass is 32.2. The highest BCUT2D eigenvalue weighted by Gasteiger charge is 2.36. The second-order valence-electron chi connectivity index (χ2n) is 8.89. The number of nitrogens with zero attached hydrogens (tertiary/aromatic N) is 3. The number of sulfonamides is 1. The number of phenolic OH excluding ortho intramolecular Hbond substituents is 1. The molecule has 0 fully saturated rings. The number of hydrogen-bond donors (Lipinski definition) is 2. The van der Waals surface area contributed by atoms with Crippen LogP contribution in [0.1, 0.15) is 41.2 Å². The highest BCUT2D eigenvalue weighted by Crippen LogP contribution is 2.36. The number of rotatable bonds is 6. The van der Waals surface area contributed by atoms with E-state index in [-0.39, 0.29) is 23.6 Å². The van der Waals surface area contributed by atoms with Crippen LogP contribution in [-0.2, 0) is 10.0 Å². The van der Waals surface area contributed by atoms with Gasteiger partial charge in [0, 0.05) is 41.7 Å².